The maximum atomic E-state index is 13.9. The summed E-state index contributed by atoms with van der Waals surface area (Å²) in [6, 6.07) is 13.7. The van der Waals surface area contributed by atoms with E-state index in [-0.39, 0.29) is 12.1 Å². The molecular weight excluding hydrogens is 504 g/mol. The van der Waals surface area contributed by atoms with Gasteiger partial charge in [0, 0.05) is 45.8 Å². The number of hydrogen-bond acceptors (Lipinski definition) is 4. The molecule has 8 heteroatoms. The fraction of sp³-hybridized carbons (Fsp3) is 0.281. The molecule has 0 saturated carbocycles. The van der Waals surface area contributed by atoms with E-state index < -0.39 is 40.3 Å². The Morgan fingerprint density at radius 2 is 1.77 bits per heavy atom. The highest BCUT2D eigenvalue weighted by Gasteiger charge is 2.55. The van der Waals surface area contributed by atoms with Gasteiger partial charge in [-0.3, -0.25) is 19.3 Å². The lowest BCUT2D eigenvalue weighted by atomic mass is 9.84. The largest absolute Gasteiger partial charge is 0.375 e. The van der Waals surface area contributed by atoms with Crippen LogP contribution in [0.2, 0.25) is 0 Å². The monoisotopic (exact) mass is 536 g/mol. The minimum absolute atomic E-state index is 0.179. The average Bonchev–Trinajstić information content (AvgIpc) is 3.39. The number of carbonyl (C=O) groups is 3. The van der Waals surface area contributed by atoms with Crippen LogP contribution in [0.4, 0.5) is 5.69 Å². The maximum Gasteiger partial charge on any atom is 0.269 e. The van der Waals surface area contributed by atoms with Crippen molar-refractivity contribution in [2.24, 2.45) is 0 Å². The van der Waals surface area contributed by atoms with E-state index in [1.165, 1.54) is 9.80 Å². The molecule has 3 aliphatic rings. The van der Waals surface area contributed by atoms with Gasteiger partial charge in [0.2, 0.25) is 0 Å². The summed E-state index contributed by atoms with van der Waals surface area (Å²) in [5.74, 6) is -1.45. The van der Waals surface area contributed by atoms with E-state index in [9.17, 15) is 19.5 Å². The molecule has 3 aliphatic heterocycles. The number of piperazine rings is 1. The quantitative estimate of drug-likeness (QED) is 0.434. The van der Waals surface area contributed by atoms with Gasteiger partial charge in [0.1, 0.15) is 11.7 Å². The first-order valence-electron chi connectivity index (χ1n) is 13.4. The first-order chi connectivity index (χ1) is 18.9. The second-order valence-corrected chi connectivity index (χ2v) is 11.8. The Morgan fingerprint density at radius 1 is 1.07 bits per heavy atom. The number of fused-ring (bicyclic) bond motifs is 5. The standard InChI is InChI=1S/C32H32N4O4/c1-6-31(4,5)36-24-14-10-8-12-21(24)32(40,29(36)39)18-23-28(38)35-16-15-30(2,3)26-20(17-25(35)27(37)34-23)19-11-7-9-13-22(19)33-26/h6-17,23,33,40H,1,18H2,2-5H3,(H,34,37)/t23-,32+/m1/s1. The number of para-hydroxylation sites is 2. The maximum absolute atomic E-state index is 13.9. The van der Waals surface area contributed by atoms with Crippen LogP contribution >= 0.6 is 0 Å². The van der Waals surface area contributed by atoms with E-state index in [0.717, 1.165) is 22.2 Å². The molecule has 3 amide bonds. The van der Waals surface area contributed by atoms with E-state index in [0.29, 0.717) is 11.3 Å². The second-order valence-electron chi connectivity index (χ2n) is 11.8. The van der Waals surface area contributed by atoms with Gasteiger partial charge in [-0.25, -0.2) is 0 Å². The minimum Gasteiger partial charge on any atom is -0.375 e. The first-order valence-corrected chi connectivity index (χ1v) is 13.4. The van der Waals surface area contributed by atoms with Crippen molar-refractivity contribution in [1.82, 2.24) is 15.2 Å². The van der Waals surface area contributed by atoms with Gasteiger partial charge < -0.3 is 20.3 Å². The van der Waals surface area contributed by atoms with E-state index in [1.807, 2.05) is 58.0 Å². The Hall–Kier alpha value is -4.43. The third-order valence-electron chi connectivity index (χ3n) is 8.37. The number of rotatable bonds is 4. The number of aromatic amines is 1. The molecule has 2 aromatic carbocycles. The van der Waals surface area contributed by atoms with Crippen molar-refractivity contribution in [3.05, 3.63) is 96.0 Å². The minimum atomic E-state index is -2.01. The fourth-order valence-electron chi connectivity index (χ4n) is 6.00. The molecule has 1 fully saturated rings. The molecule has 1 aromatic heterocycles. The summed E-state index contributed by atoms with van der Waals surface area (Å²) in [4.78, 5) is 47.6. The van der Waals surface area contributed by atoms with Crippen LogP contribution in [-0.4, -0.2) is 44.3 Å². The highest BCUT2D eigenvalue weighted by molar-refractivity contribution is 6.11. The highest BCUT2D eigenvalue weighted by atomic mass is 16.3. The number of benzene rings is 2. The third-order valence-corrected chi connectivity index (χ3v) is 8.37. The zero-order valence-electron chi connectivity index (χ0n) is 23.0. The molecule has 204 valence electrons. The van der Waals surface area contributed by atoms with Crippen molar-refractivity contribution in [2.45, 2.75) is 56.7 Å². The van der Waals surface area contributed by atoms with E-state index in [1.54, 1.807) is 42.6 Å². The highest BCUT2D eigenvalue weighted by Crippen LogP contribution is 2.47. The average molecular weight is 537 g/mol. The molecule has 0 aliphatic carbocycles. The molecule has 6 rings (SSSR count). The second kappa shape index (κ2) is 8.53. The zero-order valence-corrected chi connectivity index (χ0v) is 23.0. The first kappa shape index (κ1) is 25.8. The number of amides is 3. The van der Waals surface area contributed by atoms with Crippen LogP contribution in [0.25, 0.3) is 17.0 Å². The number of aromatic nitrogens is 1. The molecule has 4 heterocycles. The fourth-order valence-corrected chi connectivity index (χ4v) is 6.00. The predicted molar refractivity (Wildman–Crippen MR) is 154 cm³/mol. The van der Waals surface area contributed by atoms with Gasteiger partial charge >= 0.3 is 0 Å². The molecule has 1 saturated heterocycles. The van der Waals surface area contributed by atoms with E-state index >= 15 is 0 Å². The Balaban J connectivity index is 1.41. The van der Waals surface area contributed by atoms with Crippen LogP contribution in [0, 0.1) is 0 Å². The SMILES string of the molecule is C=CC(C)(C)N1C(=O)[C@](O)(C[C@H]2NC(=O)C3=Cc4c([nH]c5ccccc45)C(C)(C)C=CN3C2=O)c2ccccc21. The number of carbonyl (C=O) groups excluding carboxylic acids is 3. The zero-order chi connectivity index (χ0) is 28.6. The summed E-state index contributed by atoms with van der Waals surface area (Å²) in [5, 5.41) is 15.6. The number of H-pyrrole nitrogens is 1. The van der Waals surface area contributed by atoms with Crippen molar-refractivity contribution in [3.8, 4) is 0 Å². The van der Waals surface area contributed by atoms with Crippen LogP contribution < -0.4 is 10.2 Å². The molecule has 40 heavy (non-hydrogen) atoms. The summed E-state index contributed by atoms with van der Waals surface area (Å²) in [6.45, 7) is 11.6. The lowest BCUT2D eigenvalue weighted by molar-refractivity contribution is -0.145. The van der Waals surface area contributed by atoms with Gasteiger partial charge in [-0.1, -0.05) is 62.4 Å². The number of hydrogen-bond donors (Lipinski definition) is 3. The van der Waals surface area contributed by atoms with Crippen LogP contribution in [0.15, 0.2) is 79.2 Å². The van der Waals surface area contributed by atoms with Gasteiger partial charge in [-0.05, 0) is 32.1 Å². The van der Waals surface area contributed by atoms with Crippen molar-refractivity contribution in [3.63, 3.8) is 0 Å². The summed E-state index contributed by atoms with van der Waals surface area (Å²) in [7, 11) is 0. The lowest BCUT2D eigenvalue weighted by Crippen LogP contribution is -2.58. The number of anilines is 1. The van der Waals surface area contributed by atoms with Gasteiger partial charge in [0.05, 0.1) is 11.2 Å². The predicted octanol–water partition coefficient (Wildman–Crippen LogP) is 4.23. The molecule has 0 unspecified atom stereocenters. The van der Waals surface area contributed by atoms with E-state index in [4.69, 9.17) is 0 Å². The summed E-state index contributed by atoms with van der Waals surface area (Å²) in [6.07, 6.45) is 6.58. The Kier molecular flexibility index (Phi) is 5.51. The number of nitrogens with one attached hydrogen (secondary N) is 2. The molecule has 0 bridgehead atoms. The van der Waals surface area contributed by atoms with Gasteiger partial charge in [0.25, 0.3) is 17.7 Å². The van der Waals surface area contributed by atoms with Crippen LogP contribution in [0.1, 0.15) is 50.9 Å². The summed E-state index contributed by atoms with van der Waals surface area (Å²) >= 11 is 0. The topological polar surface area (TPSA) is 106 Å². The number of nitrogens with zero attached hydrogens (tertiary/aromatic N) is 2. The molecular formula is C32H32N4O4. The van der Waals surface area contributed by atoms with Crippen molar-refractivity contribution >= 4 is 40.4 Å². The van der Waals surface area contributed by atoms with Crippen LogP contribution in [-0.2, 0) is 25.4 Å². The molecule has 0 radical (unpaired) electrons. The lowest BCUT2D eigenvalue weighted by Gasteiger charge is -2.37. The summed E-state index contributed by atoms with van der Waals surface area (Å²) in [5.41, 5.74) is 0.560. The molecule has 3 aromatic rings. The van der Waals surface area contributed by atoms with Crippen LogP contribution in [0.3, 0.4) is 0 Å². The van der Waals surface area contributed by atoms with Gasteiger partial charge in [-0.2, -0.15) is 0 Å². The molecule has 8 nitrogen and oxygen atoms in total. The van der Waals surface area contributed by atoms with Crippen molar-refractivity contribution in [1.29, 1.82) is 0 Å². The number of allylic oxidation sites excluding steroid dienone is 1. The Bertz CT molecular complexity index is 1680. The van der Waals surface area contributed by atoms with Gasteiger partial charge in [-0.15, -0.1) is 6.58 Å². The number of aliphatic hydroxyl groups is 1. The van der Waals surface area contributed by atoms with Gasteiger partial charge in [0.15, 0.2) is 5.60 Å². The van der Waals surface area contributed by atoms with Crippen molar-refractivity contribution in [2.75, 3.05) is 4.90 Å². The summed E-state index contributed by atoms with van der Waals surface area (Å²) < 4.78 is 0. The molecule has 0 spiro atoms. The van der Waals surface area contributed by atoms with E-state index in [2.05, 4.69) is 16.9 Å². The third kappa shape index (κ3) is 3.59. The Morgan fingerprint density at radius 3 is 2.52 bits per heavy atom. The van der Waals surface area contributed by atoms with Crippen LogP contribution in [0.5, 0.6) is 0 Å². The Labute approximate surface area is 232 Å². The van der Waals surface area contributed by atoms with Crippen molar-refractivity contribution < 1.29 is 19.5 Å². The normalized spacial score (nSPS) is 23.7. The molecule has 3 N–H and O–H groups in total. The smallest absolute Gasteiger partial charge is 0.269 e. The molecule has 2 atom stereocenters.